The number of anilines is 4. The Labute approximate surface area is 312 Å². The standard InChI is InChI=1S/C49H44N4/c1-32-22-23-50-47(26-32)53-43-17-11-10-16-41(43)42-21-20-37(30-46(42)53)49(5,6)38-27-36(48-34(3)24-33(2)25-35(48)4)28-40(29-38)52-31-51(39-14-8-7-9-15-39)44-18-12-13-19-45(44)52/h7-30H,31H2,1-6H3. The number of nitrogens with zero attached hydrogens (tertiary/aromatic N) is 4. The Kier molecular flexibility index (Phi) is 7.74. The first-order valence-electron chi connectivity index (χ1n) is 18.6. The molecule has 4 heteroatoms. The number of hydrogen-bond acceptors (Lipinski definition) is 3. The average molecular weight is 689 g/mol. The molecule has 2 aromatic heterocycles. The Bertz CT molecular complexity index is 2660. The smallest absolute Gasteiger partial charge is 0.137 e. The lowest BCUT2D eigenvalue weighted by molar-refractivity contribution is 0.641. The van der Waals surface area contributed by atoms with Crippen molar-refractivity contribution < 1.29 is 0 Å². The van der Waals surface area contributed by atoms with Gasteiger partial charge in [0, 0.05) is 33.8 Å². The molecule has 9 rings (SSSR count). The summed E-state index contributed by atoms with van der Waals surface area (Å²) in [6.07, 6.45) is 1.91. The molecule has 6 aromatic carbocycles. The molecule has 0 spiro atoms. The van der Waals surface area contributed by atoms with Gasteiger partial charge in [0.15, 0.2) is 0 Å². The van der Waals surface area contributed by atoms with Crippen molar-refractivity contribution in [1.29, 1.82) is 0 Å². The van der Waals surface area contributed by atoms with Crippen molar-refractivity contribution in [2.45, 2.75) is 47.0 Å². The van der Waals surface area contributed by atoms with Crippen LogP contribution in [0.25, 0.3) is 38.8 Å². The van der Waals surface area contributed by atoms with E-state index >= 15 is 0 Å². The van der Waals surface area contributed by atoms with E-state index in [9.17, 15) is 0 Å². The van der Waals surface area contributed by atoms with Crippen LogP contribution in [0, 0.1) is 27.7 Å². The van der Waals surface area contributed by atoms with Crippen LogP contribution >= 0.6 is 0 Å². The summed E-state index contributed by atoms with van der Waals surface area (Å²) in [5.74, 6) is 0.941. The number of pyridine rings is 1. The van der Waals surface area contributed by atoms with Gasteiger partial charge in [-0.05, 0) is 127 Å². The molecule has 0 saturated heterocycles. The molecule has 0 N–H and O–H groups in total. The highest BCUT2D eigenvalue weighted by molar-refractivity contribution is 6.09. The fourth-order valence-corrected chi connectivity index (χ4v) is 8.59. The highest BCUT2D eigenvalue weighted by atomic mass is 15.4. The van der Waals surface area contributed by atoms with Crippen LogP contribution in [0.1, 0.15) is 47.2 Å². The van der Waals surface area contributed by atoms with Crippen LogP contribution in [0.4, 0.5) is 22.7 Å². The van der Waals surface area contributed by atoms with Gasteiger partial charge in [0.25, 0.3) is 0 Å². The largest absolute Gasteiger partial charge is 0.321 e. The number of aromatic nitrogens is 2. The molecule has 0 fully saturated rings. The molecule has 1 aliphatic rings. The number of rotatable bonds is 6. The molecule has 0 aliphatic carbocycles. The van der Waals surface area contributed by atoms with Gasteiger partial charge >= 0.3 is 0 Å². The molecule has 4 nitrogen and oxygen atoms in total. The topological polar surface area (TPSA) is 24.3 Å². The zero-order chi connectivity index (χ0) is 36.4. The quantitative estimate of drug-likeness (QED) is 0.174. The predicted octanol–water partition coefficient (Wildman–Crippen LogP) is 12.7. The van der Waals surface area contributed by atoms with E-state index in [4.69, 9.17) is 4.98 Å². The van der Waals surface area contributed by atoms with Gasteiger partial charge in [-0.1, -0.05) is 98.3 Å². The Morgan fingerprint density at radius 2 is 1.19 bits per heavy atom. The van der Waals surface area contributed by atoms with Gasteiger partial charge in [0.2, 0.25) is 0 Å². The lowest BCUT2D eigenvalue weighted by Crippen LogP contribution is -2.25. The lowest BCUT2D eigenvalue weighted by Gasteiger charge is -2.30. The third-order valence-electron chi connectivity index (χ3n) is 11.3. The Balaban J connectivity index is 1.24. The van der Waals surface area contributed by atoms with E-state index in [1.807, 2.05) is 6.20 Å². The molecule has 260 valence electrons. The summed E-state index contributed by atoms with van der Waals surface area (Å²) in [7, 11) is 0. The van der Waals surface area contributed by atoms with Crippen LogP contribution in [0.15, 0.2) is 146 Å². The van der Waals surface area contributed by atoms with Gasteiger partial charge in [-0.15, -0.1) is 0 Å². The molecular weight excluding hydrogens is 645 g/mol. The van der Waals surface area contributed by atoms with E-state index in [1.54, 1.807) is 0 Å². The van der Waals surface area contributed by atoms with Crippen molar-refractivity contribution in [2.75, 3.05) is 16.5 Å². The zero-order valence-electron chi connectivity index (χ0n) is 31.4. The number of fused-ring (bicyclic) bond motifs is 4. The van der Waals surface area contributed by atoms with E-state index in [0.717, 1.165) is 12.5 Å². The van der Waals surface area contributed by atoms with Crippen LogP contribution in [0.2, 0.25) is 0 Å². The molecule has 8 aromatic rings. The third-order valence-corrected chi connectivity index (χ3v) is 11.3. The second-order valence-corrected chi connectivity index (χ2v) is 15.3. The summed E-state index contributed by atoms with van der Waals surface area (Å²) in [6.45, 7) is 14.3. The minimum atomic E-state index is -0.328. The maximum absolute atomic E-state index is 4.86. The van der Waals surface area contributed by atoms with Crippen LogP contribution < -0.4 is 9.80 Å². The third kappa shape index (κ3) is 5.48. The predicted molar refractivity (Wildman–Crippen MR) is 224 cm³/mol. The number of para-hydroxylation sites is 4. The van der Waals surface area contributed by atoms with E-state index in [1.165, 1.54) is 89.1 Å². The van der Waals surface area contributed by atoms with Crippen molar-refractivity contribution in [2.24, 2.45) is 0 Å². The van der Waals surface area contributed by atoms with Crippen molar-refractivity contribution in [3.63, 3.8) is 0 Å². The number of hydrogen-bond donors (Lipinski definition) is 0. The van der Waals surface area contributed by atoms with Crippen LogP contribution in [0.3, 0.4) is 0 Å². The summed E-state index contributed by atoms with van der Waals surface area (Å²) in [5, 5.41) is 2.47. The van der Waals surface area contributed by atoms with Gasteiger partial charge < -0.3 is 9.80 Å². The molecule has 1 aliphatic heterocycles. The van der Waals surface area contributed by atoms with Crippen molar-refractivity contribution >= 4 is 44.6 Å². The molecule has 0 amide bonds. The summed E-state index contributed by atoms with van der Waals surface area (Å²) in [5.41, 5.74) is 17.0. The maximum Gasteiger partial charge on any atom is 0.137 e. The van der Waals surface area contributed by atoms with Gasteiger partial charge in [-0.25, -0.2) is 4.98 Å². The molecule has 0 unspecified atom stereocenters. The first-order valence-corrected chi connectivity index (χ1v) is 18.6. The molecular formula is C49H44N4. The van der Waals surface area contributed by atoms with Gasteiger partial charge in [0.05, 0.1) is 22.4 Å². The lowest BCUT2D eigenvalue weighted by atomic mass is 9.76. The molecule has 3 heterocycles. The molecule has 53 heavy (non-hydrogen) atoms. The summed E-state index contributed by atoms with van der Waals surface area (Å²) < 4.78 is 2.33. The van der Waals surface area contributed by atoms with Crippen molar-refractivity contribution in [3.8, 4) is 16.9 Å². The maximum atomic E-state index is 4.86. The normalized spacial score (nSPS) is 12.9. The second-order valence-electron chi connectivity index (χ2n) is 15.3. The molecule has 0 atom stereocenters. The van der Waals surface area contributed by atoms with E-state index < -0.39 is 0 Å². The highest BCUT2D eigenvalue weighted by Gasteiger charge is 2.31. The van der Waals surface area contributed by atoms with E-state index in [-0.39, 0.29) is 5.41 Å². The zero-order valence-corrected chi connectivity index (χ0v) is 31.4. The summed E-state index contributed by atoms with van der Waals surface area (Å²) in [6, 6.07) is 51.4. The van der Waals surface area contributed by atoms with Gasteiger partial charge in [-0.3, -0.25) is 4.57 Å². The fraction of sp³-hybridized carbons (Fsp3) is 0.163. The number of benzene rings is 6. The molecule has 0 saturated carbocycles. The Morgan fingerprint density at radius 3 is 1.92 bits per heavy atom. The van der Waals surface area contributed by atoms with Gasteiger partial charge in [0.1, 0.15) is 12.5 Å². The minimum Gasteiger partial charge on any atom is -0.321 e. The van der Waals surface area contributed by atoms with E-state index in [2.05, 4.69) is 195 Å². The monoisotopic (exact) mass is 688 g/mol. The van der Waals surface area contributed by atoms with Crippen molar-refractivity contribution in [3.05, 3.63) is 179 Å². The summed E-state index contributed by atoms with van der Waals surface area (Å²) >= 11 is 0. The van der Waals surface area contributed by atoms with E-state index in [0.29, 0.717) is 0 Å². The average Bonchev–Trinajstić information content (AvgIpc) is 3.71. The highest BCUT2D eigenvalue weighted by Crippen LogP contribution is 2.47. The summed E-state index contributed by atoms with van der Waals surface area (Å²) in [4.78, 5) is 9.75. The van der Waals surface area contributed by atoms with Crippen LogP contribution in [0.5, 0.6) is 0 Å². The first kappa shape index (κ1) is 32.8. The molecule has 0 bridgehead atoms. The fourth-order valence-electron chi connectivity index (χ4n) is 8.59. The van der Waals surface area contributed by atoms with Crippen LogP contribution in [-0.2, 0) is 5.41 Å². The second kappa shape index (κ2) is 12.5. The Morgan fingerprint density at radius 1 is 0.528 bits per heavy atom. The Hall–Kier alpha value is -6.13. The SMILES string of the molecule is Cc1ccnc(-n2c3ccccc3c3ccc(C(C)(C)c4cc(-c5c(C)cc(C)cc5C)cc(N5CN(c6ccccc6)c6ccccc65)c4)cc32)c1. The number of aryl methyl sites for hydroxylation is 4. The minimum absolute atomic E-state index is 0.328. The van der Waals surface area contributed by atoms with Crippen LogP contribution in [-0.4, -0.2) is 16.2 Å². The first-order chi connectivity index (χ1) is 25.7. The van der Waals surface area contributed by atoms with Crippen molar-refractivity contribution in [1.82, 2.24) is 9.55 Å². The van der Waals surface area contributed by atoms with Gasteiger partial charge in [-0.2, -0.15) is 0 Å². The molecule has 0 radical (unpaired) electrons.